The fourth-order valence-electron chi connectivity index (χ4n) is 2.40. The second kappa shape index (κ2) is 6.84. The third kappa shape index (κ3) is 3.57. The molecule has 0 atom stereocenters. The van der Waals surface area contributed by atoms with Crippen LogP contribution in [0.5, 0.6) is 0 Å². The predicted octanol–water partition coefficient (Wildman–Crippen LogP) is 3.59. The summed E-state index contributed by atoms with van der Waals surface area (Å²) in [5.74, 6) is 0.675. The highest BCUT2D eigenvalue weighted by atomic mass is 32.2. The predicted molar refractivity (Wildman–Crippen MR) is 85.6 cm³/mol. The van der Waals surface area contributed by atoms with Gasteiger partial charge in [-0.05, 0) is 56.9 Å². The van der Waals surface area contributed by atoms with Gasteiger partial charge in [0.2, 0.25) is 5.91 Å². The summed E-state index contributed by atoms with van der Waals surface area (Å²) in [7, 11) is 0. The van der Waals surface area contributed by atoms with E-state index in [9.17, 15) is 4.79 Å². The molecule has 108 valence electrons. The van der Waals surface area contributed by atoms with Crippen LogP contribution in [0.2, 0.25) is 0 Å². The van der Waals surface area contributed by atoms with Crippen molar-refractivity contribution < 1.29 is 4.79 Å². The molecule has 0 radical (unpaired) electrons. The number of rotatable bonds is 5. The van der Waals surface area contributed by atoms with Crippen LogP contribution in [0, 0.1) is 6.92 Å². The lowest BCUT2D eigenvalue weighted by Gasteiger charge is -2.22. The summed E-state index contributed by atoms with van der Waals surface area (Å²) in [5.41, 5.74) is 8.87. The average molecular weight is 290 g/mol. The Kier molecular flexibility index (Phi) is 5.12. The quantitative estimate of drug-likeness (QED) is 0.666. The molecule has 2 N–H and O–H groups in total. The maximum Gasteiger partial charge on any atom is 0.237 e. The molecule has 3 nitrogen and oxygen atoms in total. The average Bonchev–Trinajstić information content (AvgIpc) is 2.95. The zero-order chi connectivity index (χ0) is 14.5. The molecule has 2 rings (SSSR count). The molecule has 1 aliphatic rings. The maximum atomic E-state index is 12.3. The molecule has 4 heteroatoms. The van der Waals surface area contributed by atoms with E-state index >= 15 is 0 Å². The summed E-state index contributed by atoms with van der Waals surface area (Å²) in [4.78, 5) is 15.3. The monoisotopic (exact) mass is 290 g/mol. The first-order valence-corrected chi connectivity index (χ1v) is 8.08. The van der Waals surface area contributed by atoms with Crippen molar-refractivity contribution in [2.75, 3.05) is 18.0 Å². The number of carbonyl (C=O) groups excluding carboxylic acids is 1. The van der Waals surface area contributed by atoms with E-state index in [0.717, 1.165) is 35.5 Å². The van der Waals surface area contributed by atoms with Gasteiger partial charge in [0.05, 0.1) is 5.75 Å². The van der Waals surface area contributed by atoms with Crippen LogP contribution < -0.4 is 5.73 Å². The van der Waals surface area contributed by atoms with Crippen LogP contribution in [0.15, 0.2) is 34.9 Å². The van der Waals surface area contributed by atoms with Crippen LogP contribution in [-0.2, 0) is 4.79 Å². The SMILES string of the molecule is CCN(C(=O)CSc1ccc(N)c(C)c1)C1=CCCC1. The summed E-state index contributed by atoms with van der Waals surface area (Å²) in [6, 6.07) is 5.92. The van der Waals surface area contributed by atoms with Crippen molar-refractivity contribution in [3.05, 3.63) is 35.5 Å². The van der Waals surface area contributed by atoms with E-state index < -0.39 is 0 Å². The van der Waals surface area contributed by atoms with Gasteiger partial charge in [-0.25, -0.2) is 0 Å². The molecule has 0 saturated carbocycles. The number of amides is 1. The molecule has 0 bridgehead atoms. The molecule has 0 fully saturated rings. The van der Waals surface area contributed by atoms with Gasteiger partial charge in [-0.3, -0.25) is 4.79 Å². The number of nitrogens with zero attached hydrogens (tertiary/aromatic N) is 1. The molecular formula is C16H22N2OS. The van der Waals surface area contributed by atoms with Crippen LogP contribution in [0.1, 0.15) is 31.7 Å². The summed E-state index contributed by atoms with van der Waals surface area (Å²) in [6.45, 7) is 4.78. The van der Waals surface area contributed by atoms with Crippen LogP contribution in [0.4, 0.5) is 5.69 Å². The second-order valence-electron chi connectivity index (χ2n) is 5.03. The van der Waals surface area contributed by atoms with Crippen molar-refractivity contribution in [1.82, 2.24) is 4.90 Å². The van der Waals surface area contributed by atoms with Crippen molar-refractivity contribution in [3.8, 4) is 0 Å². The molecule has 1 aliphatic carbocycles. The smallest absolute Gasteiger partial charge is 0.237 e. The maximum absolute atomic E-state index is 12.3. The Balaban J connectivity index is 1.95. The van der Waals surface area contributed by atoms with E-state index in [1.165, 1.54) is 12.1 Å². The van der Waals surface area contributed by atoms with Crippen molar-refractivity contribution in [3.63, 3.8) is 0 Å². The molecule has 0 aliphatic heterocycles. The zero-order valence-electron chi connectivity index (χ0n) is 12.2. The topological polar surface area (TPSA) is 46.3 Å². The lowest BCUT2D eigenvalue weighted by molar-refractivity contribution is -0.126. The number of hydrogen-bond acceptors (Lipinski definition) is 3. The van der Waals surface area contributed by atoms with Gasteiger partial charge < -0.3 is 10.6 Å². The Morgan fingerprint density at radius 1 is 1.45 bits per heavy atom. The highest BCUT2D eigenvalue weighted by molar-refractivity contribution is 8.00. The standard InChI is InChI=1S/C16H22N2OS/c1-3-18(13-6-4-5-7-13)16(19)11-20-14-8-9-15(17)12(2)10-14/h6,8-10H,3-5,7,11,17H2,1-2H3. The molecule has 0 unspecified atom stereocenters. The van der Waals surface area contributed by atoms with Gasteiger partial charge in [0.25, 0.3) is 0 Å². The largest absolute Gasteiger partial charge is 0.399 e. The Labute approximate surface area is 125 Å². The van der Waals surface area contributed by atoms with Crippen LogP contribution in [-0.4, -0.2) is 23.1 Å². The first-order valence-electron chi connectivity index (χ1n) is 7.10. The van der Waals surface area contributed by atoms with Gasteiger partial charge in [-0.15, -0.1) is 11.8 Å². The number of nitrogen functional groups attached to an aromatic ring is 1. The molecule has 1 aromatic rings. The summed E-state index contributed by atoms with van der Waals surface area (Å²) in [5, 5.41) is 0. The Hall–Kier alpha value is -1.42. The van der Waals surface area contributed by atoms with Gasteiger partial charge in [0.1, 0.15) is 0 Å². The molecular weight excluding hydrogens is 268 g/mol. The van der Waals surface area contributed by atoms with Crippen molar-refractivity contribution >= 4 is 23.4 Å². The number of allylic oxidation sites excluding steroid dienone is 2. The molecule has 1 aromatic carbocycles. The van der Waals surface area contributed by atoms with Crippen LogP contribution in [0.25, 0.3) is 0 Å². The van der Waals surface area contributed by atoms with E-state index in [1.807, 2.05) is 36.9 Å². The van der Waals surface area contributed by atoms with E-state index in [4.69, 9.17) is 5.73 Å². The minimum Gasteiger partial charge on any atom is -0.399 e. The van der Waals surface area contributed by atoms with Gasteiger partial charge >= 0.3 is 0 Å². The zero-order valence-corrected chi connectivity index (χ0v) is 13.0. The number of benzene rings is 1. The highest BCUT2D eigenvalue weighted by Gasteiger charge is 2.18. The van der Waals surface area contributed by atoms with E-state index in [0.29, 0.717) is 5.75 Å². The second-order valence-corrected chi connectivity index (χ2v) is 6.08. The third-order valence-electron chi connectivity index (χ3n) is 3.58. The molecule has 1 amide bonds. The molecule has 20 heavy (non-hydrogen) atoms. The van der Waals surface area contributed by atoms with E-state index in [-0.39, 0.29) is 5.91 Å². The van der Waals surface area contributed by atoms with Crippen molar-refractivity contribution in [1.29, 1.82) is 0 Å². The Morgan fingerprint density at radius 3 is 2.85 bits per heavy atom. The van der Waals surface area contributed by atoms with Crippen molar-refractivity contribution in [2.24, 2.45) is 0 Å². The summed E-state index contributed by atoms with van der Waals surface area (Å²) in [6.07, 6.45) is 5.50. The van der Waals surface area contributed by atoms with E-state index in [2.05, 4.69) is 6.08 Å². The fourth-order valence-corrected chi connectivity index (χ4v) is 3.27. The number of thioether (sulfide) groups is 1. The molecule has 0 spiro atoms. The van der Waals surface area contributed by atoms with Gasteiger partial charge in [0, 0.05) is 22.8 Å². The number of carbonyl (C=O) groups is 1. The normalized spacial score (nSPS) is 14.2. The molecule has 0 heterocycles. The lowest BCUT2D eigenvalue weighted by Crippen LogP contribution is -2.31. The minimum atomic E-state index is 0.195. The summed E-state index contributed by atoms with van der Waals surface area (Å²) < 4.78 is 0. The van der Waals surface area contributed by atoms with Gasteiger partial charge in [-0.2, -0.15) is 0 Å². The van der Waals surface area contributed by atoms with Crippen LogP contribution in [0.3, 0.4) is 0 Å². The van der Waals surface area contributed by atoms with Gasteiger partial charge in [0.15, 0.2) is 0 Å². The van der Waals surface area contributed by atoms with E-state index in [1.54, 1.807) is 11.8 Å². The fraction of sp³-hybridized carbons (Fsp3) is 0.438. The molecule has 0 saturated heterocycles. The highest BCUT2D eigenvalue weighted by Crippen LogP contribution is 2.25. The number of anilines is 1. The first kappa shape index (κ1) is 15.0. The number of nitrogens with two attached hydrogens (primary N) is 1. The number of hydrogen-bond donors (Lipinski definition) is 1. The first-order chi connectivity index (χ1) is 9.61. The van der Waals surface area contributed by atoms with Crippen molar-refractivity contribution in [2.45, 2.75) is 38.0 Å². The Bertz CT molecular complexity index is 525. The minimum absolute atomic E-state index is 0.195. The molecule has 0 aromatic heterocycles. The lowest BCUT2D eigenvalue weighted by atomic mass is 10.2. The van der Waals surface area contributed by atoms with Crippen LogP contribution >= 0.6 is 11.8 Å². The van der Waals surface area contributed by atoms with Gasteiger partial charge in [-0.1, -0.05) is 6.08 Å². The Morgan fingerprint density at radius 2 is 2.25 bits per heavy atom. The third-order valence-corrected chi connectivity index (χ3v) is 4.56. The number of aryl methyl sites for hydroxylation is 1. The summed E-state index contributed by atoms with van der Waals surface area (Å²) >= 11 is 1.58.